The zero-order valence-electron chi connectivity index (χ0n) is 14.9. The molecule has 0 aliphatic carbocycles. The Kier molecular flexibility index (Phi) is 6.89. The molecule has 0 bridgehead atoms. The Bertz CT molecular complexity index is 711. The van der Waals surface area contributed by atoms with E-state index in [9.17, 15) is 14.4 Å². The van der Waals surface area contributed by atoms with Crippen molar-refractivity contribution in [3.05, 3.63) is 28.2 Å². The van der Waals surface area contributed by atoms with Crippen molar-refractivity contribution < 1.29 is 14.4 Å². The van der Waals surface area contributed by atoms with Crippen LogP contribution in [0.2, 0.25) is 10.0 Å². The molecular weight excluding hydrogens is 377 g/mol. The predicted octanol–water partition coefficient (Wildman–Crippen LogP) is 4.21. The molecule has 8 heteroatoms. The van der Waals surface area contributed by atoms with Gasteiger partial charge >= 0.3 is 6.03 Å². The van der Waals surface area contributed by atoms with Crippen molar-refractivity contribution in [2.24, 2.45) is 0 Å². The van der Waals surface area contributed by atoms with Gasteiger partial charge < -0.3 is 10.6 Å². The van der Waals surface area contributed by atoms with E-state index in [-0.39, 0.29) is 12.5 Å². The third kappa shape index (κ3) is 4.89. The van der Waals surface area contributed by atoms with Gasteiger partial charge in [0.25, 0.3) is 5.91 Å². The summed E-state index contributed by atoms with van der Waals surface area (Å²) in [6.45, 7) is 3.46. The Morgan fingerprint density at radius 3 is 2.58 bits per heavy atom. The first-order valence-corrected chi connectivity index (χ1v) is 9.41. The van der Waals surface area contributed by atoms with E-state index in [4.69, 9.17) is 23.2 Å². The molecule has 1 aliphatic rings. The van der Waals surface area contributed by atoms with Crippen molar-refractivity contribution in [1.29, 1.82) is 0 Å². The number of carbonyl (C=O) groups excluding carboxylic acids is 3. The van der Waals surface area contributed by atoms with E-state index >= 15 is 0 Å². The minimum absolute atomic E-state index is 0.305. The number of anilines is 1. The molecule has 0 saturated carbocycles. The lowest BCUT2D eigenvalue weighted by molar-refractivity contribution is -0.133. The lowest BCUT2D eigenvalue weighted by Crippen LogP contribution is -2.44. The van der Waals surface area contributed by atoms with Gasteiger partial charge in [-0.25, -0.2) is 4.79 Å². The van der Waals surface area contributed by atoms with E-state index in [1.807, 2.05) is 0 Å². The molecule has 1 aliphatic heterocycles. The van der Waals surface area contributed by atoms with Crippen LogP contribution >= 0.6 is 23.2 Å². The van der Waals surface area contributed by atoms with Crippen molar-refractivity contribution in [1.82, 2.24) is 10.2 Å². The normalized spacial score (nSPS) is 19.6. The highest BCUT2D eigenvalue weighted by atomic mass is 35.5. The third-order valence-corrected chi connectivity index (χ3v) is 5.12. The fourth-order valence-electron chi connectivity index (χ4n) is 2.88. The number of imide groups is 1. The van der Waals surface area contributed by atoms with Gasteiger partial charge in [-0.15, -0.1) is 0 Å². The number of amides is 4. The van der Waals surface area contributed by atoms with Gasteiger partial charge in [-0.2, -0.15) is 0 Å². The predicted molar refractivity (Wildman–Crippen MR) is 103 cm³/mol. The number of benzene rings is 1. The lowest BCUT2D eigenvalue weighted by Gasteiger charge is -2.21. The Labute approximate surface area is 163 Å². The number of rotatable bonds is 8. The van der Waals surface area contributed by atoms with E-state index in [1.165, 1.54) is 6.07 Å². The van der Waals surface area contributed by atoms with Gasteiger partial charge in [0.1, 0.15) is 12.1 Å². The smallest absolute Gasteiger partial charge is 0.324 e. The first-order valence-electron chi connectivity index (χ1n) is 8.66. The molecule has 0 radical (unpaired) electrons. The number of urea groups is 1. The molecule has 4 amide bonds. The summed E-state index contributed by atoms with van der Waals surface area (Å²) in [5, 5.41) is 6.00. The zero-order valence-corrected chi connectivity index (χ0v) is 16.4. The van der Waals surface area contributed by atoms with Gasteiger partial charge in [0.2, 0.25) is 5.91 Å². The molecule has 1 saturated heterocycles. The number of nitrogens with one attached hydrogen (secondary N) is 2. The second-order valence-corrected chi connectivity index (χ2v) is 7.46. The minimum Gasteiger partial charge on any atom is -0.324 e. The quantitative estimate of drug-likeness (QED) is 0.507. The average molecular weight is 400 g/mol. The Hall–Kier alpha value is -1.79. The number of halogens is 2. The summed E-state index contributed by atoms with van der Waals surface area (Å²) < 4.78 is 0. The van der Waals surface area contributed by atoms with Crippen LogP contribution in [-0.2, 0) is 9.59 Å². The fourth-order valence-corrected chi connectivity index (χ4v) is 3.18. The Morgan fingerprint density at radius 1 is 1.19 bits per heavy atom. The van der Waals surface area contributed by atoms with Gasteiger partial charge in [0, 0.05) is 5.69 Å². The van der Waals surface area contributed by atoms with Crippen LogP contribution in [0.3, 0.4) is 0 Å². The SMILES string of the molecule is CCCCCCC1(C)NC(=O)N(CC(=O)Nc2ccc(Cl)c(Cl)c2)C1=O. The summed E-state index contributed by atoms with van der Waals surface area (Å²) >= 11 is 11.7. The Balaban J connectivity index is 1.95. The zero-order chi connectivity index (χ0) is 19.3. The van der Waals surface area contributed by atoms with Crippen LogP contribution in [0, 0.1) is 0 Å². The average Bonchev–Trinajstić information content (AvgIpc) is 2.79. The molecule has 26 heavy (non-hydrogen) atoms. The molecule has 6 nitrogen and oxygen atoms in total. The molecule has 1 heterocycles. The maximum atomic E-state index is 12.6. The van der Waals surface area contributed by atoms with Crippen LogP contribution in [0.5, 0.6) is 0 Å². The van der Waals surface area contributed by atoms with Gasteiger partial charge in [0.05, 0.1) is 10.0 Å². The molecular formula is C18H23Cl2N3O3. The van der Waals surface area contributed by atoms with Crippen LogP contribution in [0.25, 0.3) is 0 Å². The maximum Gasteiger partial charge on any atom is 0.325 e. The highest BCUT2D eigenvalue weighted by Gasteiger charge is 2.47. The molecule has 2 rings (SSSR count). The van der Waals surface area contributed by atoms with E-state index in [2.05, 4.69) is 17.6 Å². The molecule has 1 fully saturated rings. The van der Waals surface area contributed by atoms with Crippen molar-refractivity contribution in [3.63, 3.8) is 0 Å². The van der Waals surface area contributed by atoms with E-state index in [0.717, 1.165) is 30.6 Å². The number of hydrogen-bond acceptors (Lipinski definition) is 3. The van der Waals surface area contributed by atoms with Crippen LogP contribution in [-0.4, -0.2) is 34.8 Å². The number of hydrogen-bond donors (Lipinski definition) is 2. The first kappa shape index (κ1) is 20.5. The molecule has 2 N–H and O–H groups in total. The van der Waals surface area contributed by atoms with Gasteiger partial charge in [0.15, 0.2) is 0 Å². The second-order valence-electron chi connectivity index (χ2n) is 6.64. The summed E-state index contributed by atoms with van der Waals surface area (Å²) in [4.78, 5) is 37.9. The second kappa shape index (κ2) is 8.73. The van der Waals surface area contributed by atoms with Gasteiger partial charge in [-0.1, -0.05) is 55.8 Å². The standard InChI is InChI=1S/C18H23Cl2N3O3/c1-3-4-5-6-9-18(2)16(25)23(17(26)22-18)11-15(24)21-12-7-8-13(19)14(20)10-12/h7-8,10H,3-6,9,11H2,1-2H3,(H,21,24)(H,22,26). The lowest BCUT2D eigenvalue weighted by atomic mass is 9.94. The molecule has 1 aromatic carbocycles. The van der Waals surface area contributed by atoms with Gasteiger partial charge in [-0.3, -0.25) is 14.5 Å². The topological polar surface area (TPSA) is 78.5 Å². The Morgan fingerprint density at radius 2 is 1.92 bits per heavy atom. The van der Waals surface area contributed by atoms with Crippen LogP contribution in [0.4, 0.5) is 10.5 Å². The highest BCUT2D eigenvalue weighted by molar-refractivity contribution is 6.42. The molecule has 1 aromatic rings. The molecule has 0 spiro atoms. The summed E-state index contributed by atoms with van der Waals surface area (Å²) in [6.07, 6.45) is 4.60. The number of nitrogens with zero attached hydrogens (tertiary/aromatic N) is 1. The van der Waals surface area contributed by atoms with E-state index in [1.54, 1.807) is 19.1 Å². The largest absolute Gasteiger partial charge is 0.325 e. The van der Waals surface area contributed by atoms with E-state index < -0.39 is 17.5 Å². The third-order valence-electron chi connectivity index (χ3n) is 4.38. The summed E-state index contributed by atoms with van der Waals surface area (Å²) in [7, 11) is 0. The molecule has 142 valence electrons. The molecule has 1 atom stereocenters. The first-order chi connectivity index (χ1) is 12.3. The monoisotopic (exact) mass is 399 g/mol. The van der Waals surface area contributed by atoms with Crippen molar-refractivity contribution in [3.8, 4) is 0 Å². The fraction of sp³-hybridized carbons (Fsp3) is 0.500. The highest BCUT2D eigenvalue weighted by Crippen LogP contribution is 2.26. The number of carbonyl (C=O) groups is 3. The molecule has 1 unspecified atom stereocenters. The van der Waals surface area contributed by atoms with Crippen LogP contribution < -0.4 is 10.6 Å². The van der Waals surface area contributed by atoms with Crippen molar-refractivity contribution in [2.45, 2.75) is 51.5 Å². The van der Waals surface area contributed by atoms with Crippen molar-refractivity contribution >= 4 is 46.7 Å². The minimum atomic E-state index is -0.950. The van der Waals surface area contributed by atoms with Crippen LogP contribution in [0.1, 0.15) is 46.0 Å². The van der Waals surface area contributed by atoms with Gasteiger partial charge in [-0.05, 0) is 31.5 Å². The maximum absolute atomic E-state index is 12.6. The number of unbranched alkanes of at least 4 members (excludes halogenated alkanes) is 3. The van der Waals surface area contributed by atoms with Crippen LogP contribution in [0.15, 0.2) is 18.2 Å². The van der Waals surface area contributed by atoms with Crippen molar-refractivity contribution in [2.75, 3.05) is 11.9 Å². The summed E-state index contributed by atoms with van der Waals surface area (Å²) in [6, 6.07) is 4.11. The summed E-state index contributed by atoms with van der Waals surface area (Å²) in [5.74, 6) is -0.856. The molecule has 0 aromatic heterocycles. The summed E-state index contributed by atoms with van der Waals surface area (Å²) in [5.41, 5.74) is -0.506. The van der Waals surface area contributed by atoms with E-state index in [0.29, 0.717) is 22.2 Å².